The number of halogens is 2. The van der Waals surface area contributed by atoms with Crippen molar-refractivity contribution in [2.75, 3.05) is 44.3 Å². The van der Waals surface area contributed by atoms with Crippen LogP contribution in [0.4, 0.5) is 13.8 Å². The van der Waals surface area contributed by atoms with Gasteiger partial charge in [-0.25, -0.2) is 8.78 Å². The van der Waals surface area contributed by atoms with Gasteiger partial charge >= 0.3 is 0 Å². The first-order valence-corrected chi connectivity index (χ1v) is 6.97. The minimum Gasteiger partial charge on any atom is -0.374 e. The Morgan fingerprint density at radius 3 is 2.89 bits per heavy atom. The molecule has 106 valence electrons. The molecule has 4 nitrogen and oxygen atoms in total. The first-order chi connectivity index (χ1) is 9.16. The largest absolute Gasteiger partial charge is 0.374 e. The van der Waals surface area contributed by atoms with Gasteiger partial charge in [0.15, 0.2) is 0 Å². The highest BCUT2D eigenvalue weighted by Gasteiger charge is 2.25. The van der Waals surface area contributed by atoms with E-state index < -0.39 is 13.0 Å². The average molecular weight is 290 g/mol. The molecule has 0 bridgehead atoms. The Morgan fingerprint density at radius 1 is 1.42 bits per heavy atom. The van der Waals surface area contributed by atoms with E-state index in [4.69, 9.17) is 4.74 Å². The van der Waals surface area contributed by atoms with Crippen molar-refractivity contribution in [3.63, 3.8) is 0 Å². The molecule has 2 rings (SSSR count). The fourth-order valence-corrected chi connectivity index (χ4v) is 2.71. The van der Waals surface area contributed by atoms with Gasteiger partial charge in [-0.15, -0.1) is 11.3 Å². The minimum absolute atomic E-state index is 0.0440. The third-order valence-corrected chi connectivity index (χ3v) is 3.76. The van der Waals surface area contributed by atoms with E-state index in [1.807, 2.05) is 22.4 Å². The zero-order valence-electron chi connectivity index (χ0n) is 10.4. The van der Waals surface area contributed by atoms with Gasteiger partial charge in [-0.3, -0.25) is 9.69 Å². The third kappa shape index (κ3) is 4.22. The Labute approximate surface area is 114 Å². The highest BCUT2D eigenvalue weighted by atomic mass is 32.1. The molecule has 1 aliphatic rings. The molecule has 1 aromatic heterocycles. The highest BCUT2D eigenvalue weighted by molar-refractivity contribution is 7.14. The number of carbonyl (C=O) groups excluding carboxylic acids is 1. The van der Waals surface area contributed by atoms with Gasteiger partial charge in [0.25, 0.3) is 6.43 Å². The molecule has 0 radical (unpaired) electrons. The number of thiophene rings is 1. The molecule has 0 aromatic carbocycles. The van der Waals surface area contributed by atoms with E-state index in [-0.39, 0.29) is 12.5 Å². The van der Waals surface area contributed by atoms with Crippen LogP contribution in [-0.4, -0.2) is 56.6 Å². The van der Waals surface area contributed by atoms with Gasteiger partial charge in [0, 0.05) is 19.6 Å². The van der Waals surface area contributed by atoms with Crippen LogP contribution in [0.1, 0.15) is 0 Å². The second-order valence-corrected chi connectivity index (χ2v) is 5.16. The van der Waals surface area contributed by atoms with Crippen molar-refractivity contribution in [2.24, 2.45) is 0 Å². The lowest BCUT2D eigenvalue weighted by Gasteiger charge is -2.33. The van der Waals surface area contributed by atoms with Gasteiger partial charge < -0.3 is 9.64 Å². The number of piperazine rings is 1. The number of alkyl halides is 2. The number of nitrogens with zero attached hydrogens (tertiary/aromatic N) is 2. The summed E-state index contributed by atoms with van der Waals surface area (Å²) < 4.78 is 28.6. The van der Waals surface area contributed by atoms with Crippen LogP contribution in [0.25, 0.3) is 0 Å². The molecule has 1 aliphatic heterocycles. The van der Waals surface area contributed by atoms with Crippen LogP contribution < -0.4 is 4.90 Å². The van der Waals surface area contributed by atoms with Crippen LogP contribution in [0.3, 0.4) is 0 Å². The number of rotatable bonds is 6. The molecule has 0 saturated carbocycles. The number of hydrogen-bond donors (Lipinski definition) is 0. The van der Waals surface area contributed by atoms with E-state index in [2.05, 4.69) is 0 Å². The summed E-state index contributed by atoms with van der Waals surface area (Å²) in [4.78, 5) is 15.7. The zero-order valence-corrected chi connectivity index (χ0v) is 11.2. The van der Waals surface area contributed by atoms with Crippen LogP contribution in [-0.2, 0) is 9.53 Å². The molecule has 19 heavy (non-hydrogen) atoms. The van der Waals surface area contributed by atoms with E-state index in [0.29, 0.717) is 19.6 Å². The lowest BCUT2D eigenvalue weighted by atomic mass is 10.3. The van der Waals surface area contributed by atoms with Crippen LogP contribution in [0.15, 0.2) is 17.5 Å². The second-order valence-electron chi connectivity index (χ2n) is 4.24. The van der Waals surface area contributed by atoms with Crippen molar-refractivity contribution in [3.05, 3.63) is 17.5 Å². The average Bonchev–Trinajstić information content (AvgIpc) is 2.88. The number of carbonyl (C=O) groups is 1. The highest BCUT2D eigenvalue weighted by Crippen LogP contribution is 2.22. The summed E-state index contributed by atoms with van der Waals surface area (Å²) in [6.07, 6.45) is -2.43. The van der Waals surface area contributed by atoms with Crippen LogP contribution in [0, 0.1) is 0 Å². The van der Waals surface area contributed by atoms with Crippen LogP contribution >= 0.6 is 11.3 Å². The Morgan fingerprint density at radius 2 is 2.26 bits per heavy atom. The maximum Gasteiger partial charge on any atom is 0.261 e. The zero-order chi connectivity index (χ0) is 13.7. The molecule has 2 heterocycles. The summed E-state index contributed by atoms with van der Waals surface area (Å²) in [5, 5.41) is 2.89. The fourth-order valence-electron chi connectivity index (χ4n) is 1.94. The van der Waals surface area contributed by atoms with Crippen molar-refractivity contribution >= 4 is 22.2 Å². The monoisotopic (exact) mass is 290 g/mol. The Kier molecular flexibility index (Phi) is 5.24. The smallest absolute Gasteiger partial charge is 0.261 e. The molecule has 1 saturated heterocycles. The molecular formula is C12H16F2N2O2S. The molecule has 0 unspecified atom stereocenters. The third-order valence-electron chi connectivity index (χ3n) is 2.87. The van der Waals surface area contributed by atoms with Crippen molar-refractivity contribution < 1.29 is 18.3 Å². The van der Waals surface area contributed by atoms with Gasteiger partial charge in [-0.1, -0.05) is 0 Å². The van der Waals surface area contributed by atoms with Crippen molar-refractivity contribution in [3.8, 4) is 0 Å². The lowest BCUT2D eigenvalue weighted by molar-refractivity contribution is -0.121. The van der Waals surface area contributed by atoms with Gasteiger partial charge in [0.2, 0.25) is 5.91 Å². The van der Waals surface area contributed by atoms with E-state index in [9.17, 15) is 13.6 Å². The Hall–Kier alpha value is -1.05. The predicted octanol–water partition coefficient (Wildman–Crippen LogP) is 1.68. The molecular weight excluding hydrogens is 274 g/mol. The molecule has 0 atom stereocenters. The standard InChI is InChI=1S/C12H16F2N2O2S/c13-10(14)9-18-6-5-15-3-4-16(11(17)8-15)12-2-1-7-19-12/h1-2,7,10H,3-6,8-9H2. The normalized spacial score (nSPS) is 17.4. The van der Waals surface area contributed by atoms with Crippen molar-refractivity contribution in [1.29, 1.82) is 0 Å². The first kappa shape index (κ1) is 14.4. The first-order valence-electron chi connectivity index (χ1n) is 6.09. The van der Waals surface area contributed by atoms with Crippen LogP contribution in [0.2, 0.25) is 0 Å². The second kappa shape index (κ2) is 6.93. The molecule has 0 N–H and O–H groups in total. The summed E-state index contributed by atoms with van der Waals surface area (Å²) in [5.74, 6) is 0.0440. The number of anilines is 1. The summed E-state index contributed by atoms with van der Waals surface area (Å²) in [7, 11) is 0. The Bertz CT molecular complexity index is 400. The minimum atomic E-state index is -2.43. The van der Waals surface area contributed by atoms with Gasteiger partial charge in [0.1, 0.15) is 6.61 Å². The van der Waals surface area contributed by atoms with Crippen molar-refractivity contribution in [1.82, 2.24) is 4.90 Å². The lowest BCUT2D eigenvalue weighted by Crippen LogP contribution is -2.51. The van der Waals surface area contributed by atoms with Gasteiger partial charge in [-0.2, -0.15) is 0 Å². The number of hydrogen-bond acceptors (Lipinski definition) is 4. The number of amides is 1. The van der Waals surface area contributed by atoms with Gasteiger partial charge in [0.05, 0.1) is 18.2 Å². The van der Waals surface area contributed by atoms with E-state index >= 15 is 0 Å². The molecule has 1 fully saturated rings. The summed E-state index contributed by atoms with van der Waals surface area (Å²) in [5.41, 5.74) is 0. The molecule has 7 heteroatoms. The van der Waals surface area contributed by atoms with Crippen LogP contribution in [0.5, 0.6) is 0 Å². The molecule has 1 aromatic rings. The quantitative estimate of drug-likeness (QED) is 0.747. The van der Waals surface area contributed by atoms with Gasteiger partial charge in [-0.05, 0) is 17.5 Å². The summed E-state index contributed by atoms with van der Waals surface area (Å²) in [6, 6.07) is 3.84. The fraction of sp³-hybridized carbons (Fsp3) is 0.583. The number of ether oxygens (including phenoxy) is 1. The molecule has 1 amide bonds. The van der Waals surface area contributed by atoms with Crippen molar-refractivity contribution in [2.45, 2.75) is 6.43 Å². The maximum atomic E-state index is 12.0. The molecule has 0 aliphatic carbocycles. The topological polar surface area (TPSA) is 32.8 Å². The SMILES string of the molecule is O=C1CN(CCOCC(F)F)CCN1c1cccs1. The van der Waals surface area contributed by atoms with E-state index in [1.54, 1.807) is 4.90 Å². The summed E-state index contributed by atoms with van der Waals surface area (Å²) in [6.45, 7) is 1.89. The van der Waals surface area contributed by atoms with E-state index in [1.165, 1.54) is 11.3 Å². The predicted molar refractivity (Wildman–Crippen MR) is 69.9 cm³/mol. The maximum absolute atomic E-state index is 12.0. The molecule has 0 spiro atoms. The summed E-state index contributed by atoms with van der Waals surface area (Å²) >= 11 is 1.54. The Balaban J connectivity index is 1.73. The van der Waals surface area contributed by atoms with E-state index in [0.717, 1.165) is 11.5 Å².